The second-order valence-electron chi connectivity index (χ2n) is 4.38. The maximum absolute atomic E-state index is 5.71. The van der Waals surface area contributed by atoms with Gasteiger partial charge in [-0.15, -0.1) is 11.3 Å². The molecule has 0 radical (unpaired) electrons. The summed E-state index contributed by atoms with van der Waals surface area (Å²) in [7, 11) is 0. The summed E-state index contributed by atoms with van der Waals surface area (Å²) >= 11 is 1.40. The highest BCUT2D eigenvalue weighted by atomic mass is 32.1. The predicted octanol–water partition coefficient (Wildman–Crippen LogP) is 2.36. The van der Waals surface area contributed by atoms with Gasteiger partial charge < -0.3 is 15.0 Å². The van der Waals surface area contributed by atoms with Crippen LogP contribution in [-0.2, 0) is 16.8 Å². The van der Waals surface area contributed by atoms with Crippen LogP contribution >= 0.6 is 11.3 Å². The molecule has 2 rings (SSSR count). The molecule has 0 spiro atoms. The SMILES string of the molecule is CCOC(C)(CC)c1noc(Cc2csc(N)n2)n1. The highest BCUT2D eigenvalue weighted by molar-refractivity contribution is 7.13. The van der Waals surface area contributed by atoms with Crippen molar-refractivity contribution in [3.05, 3.63) is 22.8 Å². The fourth-order valence-electron chi connectivity index (χ4n) is 1.74. The average Bonchev–Trinajstić information content (AvgIpc) is 3.00. The van der Waals surface area contributed by atoms with E-state index in [0.29, 0.717) is 29.9 Å². The van der Waals surface area contributed by atoms with Crippen LogP contribution in [0.4, 0.5) is 5.13 Å². The molecular weight excluding hydrogens is 264 g/mol. The third-order valence-corrected chi connectivity index (χ3v) is 3.70. The van der Waals surface area contributed by atoms with Gasteiger partial charge in [0.15, 0.2) is 5.13 Å². The molecule has 2 heterocycles. The van der Waals surface area contributed by atoms with E-state index < -0.39 is 5.60 Å². The van der Waals surface area contributed by atoms with Crippen LogP contribution in [0.5, 0.6) is 0 Å². The van der Waals surface area contributed by atoms with Gasteiger partial charge in [-0.05, 0) is 20.3 Å². The molecule has 0 saturated heterocycles. The molecule has 0 amide bonds. The van der Waals surface area contributed by atoms with Crippen molar-refractivity contribution in [1.29, 1.82) is 0 Å². The van der Waals surface area contributed by atoms with Gasteiger partial charge in [-0.2, -0.15) is 4.98 Å². The Hall–Kier alpha value is -1.47. The first kappa shape index (κ1) is 14.0. The van der Waals surface area contributed by atoms with E-state index in [0.717, 1.165) is 12.1 Å². The van der Waals surface area contributed by atoms with Crippen LogP contribution in [0.15, 0.2) is 9.90 Å². The minimum atomic E-state index is -0.502. The summed E-state index contributed by atoms with van der Waals surface area (Å²) < 4.78 is 11.0. The number of rotatable bonds is 6. The third-order valence-electron chi connectivity index (χ3n) is 2.98. The minimum absolute atomic E-state index is 0.493. The Morgan fingerprint density at radius 3 is 2.79 bits per heavy atom. The molecule has 0 fully saturated rings. The highest BCUT2D eigenvalue weighted by Crippen LogP contribution is 2.26. The van der Waals surface area contributed by atoms with E-state index in [-0.39, 0.29) is 0 Å². The number of hydrogen-bond acceptors (Lipinski definition) is 7. The van der Waals surface area contributed by atoms with Gasteiger partial charge in [0.2, 0.25) is 11.7 Å². The number of nitrogens with two attached hydrogens (primary N) is 1. The molecule has 19 heavy (non-hydrogen) atoms. The summed E-state index contributed by atoms with van der Waals surface area (Å²) in [5, 5.41) is 6.45. The number of ether oxygens (including phenoxy) is 1. The summed E-state index contributed by atoms with van der Waals surface area (Å²) in [6, 6.07) is 0. The Kier molecular flexibility index (Phi) is 4.16. The van der Waals surface area contributed by atoms with Crippen LogP contribution in [0.2, 0.25) is 0 Å². The zero-order valence-electron chi connectivity index (χ0n) is 11.3. The number of thiazole rings is 1. The van der Waals surface area contributed by atoms with Gasteiger partial charge in [-0.1, -0.05) is 12.1 Å². The third kappa shape index (κ3) is 3.10. The second-order valence-corrected chi connectivity index (χ2v) is 5.27. The number of nitrogen functional groups attached to an aromatic ring is 1. The Morgan fingerprint density at radius 1 is 1.42 bits per heavy atom. The van der Waals surface area contributed by atoms with Crippen molar-refractivity contribution in [3.8, 4) is 0 Å². The number of anilines is 1. The van der Waals surface area contributed by atoms with Gasteiger partial charge in [0.05, 0.1) is 12.1 Å². The van der Waals surface area contributed by atoms with E-state index in [1.165, 1.54) is 11.3 Å². The molecule has 1 atom stereocenters. The number of hydrogen-bond donors (Lipinski definition) is 1. The van der Waals surface area contributed by atoms with E-state index in [4.69, 9.17) is 15.0 Å². The monoisotopic (exact) mass is 282 g/mol. The minimum Gasteiger partial charge on any atom is -0.375 e. The first-order valence-electron chi connectivity index (χ1n) is 6.24. The van der Waals surface area contributed by atoms with Crippen LogP contribution in [0.1, 0.15) is 44.6 Å². The van der Waals surface area contributed by atoms with E-state index >= 15 is 0 Å². The van der Waals surface area contributed by atoms with Crippen molar-refractivity contribution < 1.29 is 9.26 Å². The summed E-state index contributed by atoms with van der Waals surface area (Å²) in [4.78, 5) is 8.57. The molecule has 0 aliphatic rings. The van der Waals surface area contributed by atoms with Crippen LogP contribution in [0, 0.1) is 0 Å². The molecule has 104 valence electrons. The first-order valence-corrected chi connectivity index (χ1v) is 7.12. The lowest BCUT2D eigenvalue weighted by atomic mass is 10.0. The van der Waals surface area contributed by atoms with Crippen LogP contribution in [0.3, 0.4) is 0 Å². The van der Waals surface area contributed by atoms with Gasteiger partial charge in [0.25, 0.3) is 0 Å². The smallest absolute Gasteiger partial charge is 0.232 e. The second kappa shape index (κ2) is 5.66. The zero-order valence-corrected chi connectivity index (χ0v) is 12.2. The lowest BCUT2D eigenvalue weighted by Crippen LogP contribution is -2.26. The van der Waals surface area contributed by atoms with Gasteiger partial charge in [-0.3, -0.25) is 0 Å². The Labute approximate surface area is 116 Å². The Bertz CT molecular complexity index is 539. The molecule has 2 aromatic rings. The molecule has 0 aromatic carbocycles. The fraction of sp³-hybridized carbons (Fsp3) is 0.583. The van der Waals surface area contributed by atoms with Crippen LogP contribution in [-0.4, -0.2) is 21.7 Å². The molecule has 0 aliphatic carbocycles. The lowest BCUT2D eigenvalue weighted by molar-refractivity contribution is -0.0403. The van der Waals surface area contributed by atoms with Gasteiger partial charge in [0.1, 0.15) is 5.60 Å². The molecule has 2 N–H and O–H groups in total. The van der Waals surface area contributed by atoms with E-state index in [1.54, 1.807) is 0 Å². The summed E-state index contributed by atoms with van der Waals surface area (Å²) in [5.74, 6) is 1.11. The maximum atomic E-state index is 5.71. The predicted molar refractivity (Wildman–Crippen MR) is 72.9 cm³/mol. The zero-order chi connectivity index (χ0) is 13.9. The molecule has 0 aliphatic heterocycles. The van der Waals surface area contributed by atoms with Crippen molar-refractivity contribution in [2.45, 2.75) is 39.2 Å². The van der Waals surface area contributed by atoms with Gasteiger partial charge >= 0.3 is 0 Å². The molecule has 6 nitrogen and oxygen atoms in total. The van der Waals surface area contributed by atoms with Crippen molar-refractivity contribution in [2.24, 2.45) is 0 Å². The fourth-order valence-corrected chi connectivity index (χ4v) is 2.31. The number of nitrogens with zero attached hydrogens (tertiary/aromatic N) is 3. The average molecular weight is 282 g/mol. The molecule has 1 unspecified atom stereocenters. The standard InChI is InChI=1S/C12H18N4O2S/c1-4-12(3,17-5-2)10-15-9(18-16-10)6-8-7-19-11(13)14-8/h7H,4-6H2,1-3H3,(H2,13,14). The molecule has 7 heteroatoms. The summed E-state index contributed by atoms with van der Waals surface area (Å²) in [6.07, 6.45) is 1.27. The largest absolute Gasteiger partial charge is 0.375 e. The maximum Gasteiger partial charge on any atom is 0.232 e. The van der Waals surface area contributed by atoms with E-state index in [1.807, 2.05) is 26.2 Å². The number of aromatic nitrogens is 3. The normalized spacial score (nSPS) is 14.5. The molecule has 0 saturated carbocycles. The first-order chi connectivity index (χ1) is 9.07. The van der Waals surface area contributed by atoms with Crippen molar-refractivity contribution in [2.75, 3.05) is 12.3 Å². The van der Waals surface area contributed by atoms with Gasteiger partial charge in [0, 0.05) is 12.0 Å². The quantitative estimate of drug-likeness (QED) is 0.875. The van der Waals surface area contributed by atoms with Crippen LogP contribution < -0.4 is 5.73 Å². The van der Waals surface area contributed by atoms with Crippen molar-refractivity contribution in [1.82, 2.24) is 15.1 Å². The van der Waals surface area contributed by atoms with E-state index in [2.05, 4.69) is 15.1 Å². The van der Waals surface area contributed by atoms with Crippen LogP contribution in [0.25, 0.3) is 0 Å². The highest BCUT2D eigenvalue weighted by Gasteiger charge is 2.30. The lowest BCUT2D eigenvalue weighted by Gasteiger charge is -2.23. The van der Waals surface area contributed by atoms with E-state index in [9.17, 15) is 0 Å². The molecule has 0 bridgehead atoms. The summed E-state index contributed by atoms with van der Waals surface area (Å²) in [5.41, 5.74) is 5.93. The molecule has 2 aromatic heterocycles. The van der Waals surface area contributed by atoms with Crippen molar-refractivity contribution >= 4 is 16.5 Å². The Balaban J connectivity index is 2.14. The van der Waals surface area contributed by atoms with Gasteiger partial charge in [-0.25, -0.2) is 4.98 Å². The molecular formula is C12H18N4O2S. The summed E-state index contributed by atoms with van der Waals surface area (Å²) in [6.45, 7) is 6.56. The van der Waals surface area contributed by atoms with Crippen molar-refractivity contribution in [3.63, 3.8) is 0 Å². The Morgan fingerprint density at radius 2 is 2.21 bits per heavy atom. The topological polar surface area (TPSA) is 87.1 Å².